The third-order valence-corrected chi connectivity index (χ3v) is 2.88. The van der Waals surface area contributed by atoms with Crippen molar-refractivity contribution in [3.63, 3.8) is 0 Å². The summed E-state index contributed by atoms with van der Waals surface area (Å²) < 4.78 is 39.5. The first-order chi connectivity index (χ1) is 9.33. The molecule has 1 atom stereocenters. The molecule has 3 N–H and O–H groups in total. The summed E-state index contributed by atoms with van der Waals surface area (Å²) in [5.74, 6) is -3.52. The van der Waals surface area contributed by atoms with E-state index in [0.717, 1.165) is 6.42 Å². The number of halogens is 3. The Kier molecular flexibility index (Phi) is 6.01. The predicted molar refractivity (Wildman–Crippen MR) is 71.6 cm³/mol. The zero-order valence-electron chi connectivity index (χ0n) is 11.6. The van der Waals surface area contributed by atoms with E-state index in [1.165, 1.54) is 0 Å². The maximum Gasteiger partial charge on any atom is 0.224 e. The molecule has 0 aliphatic rings. The summed E-state index contributed by atoms with van der Waals surface area (Å²) in [5, 5.41) is 2.13. The topological polar surface area (TPSA) is 55.1 Å². The van der Waals surface area contributed by atoms with Gasteiger partial charge in [-0.3, -0.25) is 4.79 Å². The molecule has 0 saturated carbocycles. The number of carbonyl (C=O) groups is 1. The van der Waals surface area contributed by atoms with Crippen molar-refractivity contribution in [2.75, 3.05) is 11.9 Å². The van der Waals surface area contributed by atoms with E-state index in [-0.39, 0.29) is 12.3 Å². The molecule has 112 valence electrons. The smallest absolute Gasteiger partial charge is 0.224 e. The summed E-state index contributed by atoms with van der Waals surface area (Å²) in [6, 6.07) is 1.04. The molecule has 0 aromatic heterocycles. The van der Waals surface area contributed by atoms with Crippen LogP contribution in [-0.2, 0) is 4.79 Å². The van der Waals surface area contributed by atoms with Crippen molar-refractivity contribution in [3.8, 4) is 0 Å². The molecule has 0 bridgehead atoms. The first-order valence-electron chi connectivity index (χ1n) is 6.48. The van der Waals surface area contributed by atoms with Crippen molar-refractivity contribution < 1.29 is 18.0 Å². The molecule has 0 heterocycles. The van der Waals surface area contributed by atoms with Crippen LogP contribution in [0.25, 0.3) is 0 Å². The van der Waals surface area contributed by atoms with Gasteiger partial charge < -0.3 is 11.1 Å². The Hall–Kier alpha value is -1.56. The van der Waals surface area contributed by atoms with Crippen LogP contribution in [0, 0.1) is 29.3 Å². The average molecular weight is 288 g/mol. The van der Waals surface area contributed by atoms with Crippen LogP contribution in [0.5, 0.6) is 0 Å². The minimum atomic E-state index is -1.14. The van der Waals surface area contributed by atoms with E-state index in [4.69, 9.17) is 5.73 Å². The highest BCUT2D eigenvalue weighted by Gasteiger charge is 2.18. The molecule has 1 aromatic rings. The lowest BCUT2D eigenvalue weighted by molar-refractivity contribution is -0.117. The fourth-order valence-corrected chi connectivity index (χ4v) is 2.04. The predicted octanol–water partition coefficient (Wildman–Crippen LogP) is 3.05. The highest BCUT2D eigenvalue weighted by Crippen LogP contribution is 2.21. The Morgan fingerprint density at radius 3 is 2.25 bits per heavy atom. The Bertz CT molecular complexity index is 454. The quantitative estimate of drug-likeness (QED) is 0.845. The molecule has 0 aliphatic carbocycles. The van der Waals surface area contributed by atoms with Crippen LogP contribution < -0.4 is 11.1 Å². The van der Waals surface area contributed by atoms with Crippen LogP contribution in [0.1, 0.15) is 26.7 Å². The van der Waals surface area contributed by atoms with E-state index < -0.39 is 29.0 Å². The van der Waals surface area contributed by atoms with Crippen LogP contribution >= 0.6 is 0 Å². The van der Waals surface area contributed by atoms with Gasteiger partial charge in [-0.15, -0.1) is 0 Å². The summed E-state index contributed by atoms with van der Waals surface area (Å²) in [7, 11) is 0. The molecular formula is C14H19F3N2O. The van der Waals surface area contributed by atoms with Crippen molar-refractivity contribution >= 4 is 11.6 Å². The van der Waals surface area contributed by atoms with Crippen LogP contribution in [0.3, 0.4) is 0 Å². The number of hydrogen-bond acceptors (Lipinski definition) is 2. The highest BCUT2D eigenvalue weighted by molar-refractivity contribution is 5.91. The van der Waals surface area contributed by atoms with Gasteiger partial charge in [0.2, 0.25) is 5.91 Å². The highest BCUT2D eigenvalue weighted by atomic mass is 19.1. The second kappa shape index (κ2) is 7.28. The summed E-state index contributed by atoms with van der Waals surface area (Å²) in [6.07, 6.45) is 0.823. The van der Waals surface area contributed by atoms with E-state index in [2.05, 4.69) is 5.32 Å². The second-order valence-electron chi connectivity index (χ2n) is 5.23. The third-order valence-electron chi connectivity index (χ3n) is 2.88. The van der Waals surface area contributed by atoms with E-state index >= 15 is 0 Å². The van der Waals surface area contributed by atoms with Gasteiger partial charge in [0.25, 0.3) is 0 Å². The Morgan fingerprint density at radius 2 is 1.80 bits per heavy atom. The van der Waals surface area contributed by atoms with Crippen LogP contribution in [0.4, 0.5) is 18.9 Å². The van der Waals surface area contributed by atoms with Crippen molar-refractivity contribution in [3.05, 3.63) is 29.6 Å². The van der Waals surface area contributed by atoms with Crippen molar-refractivity contribution in [2.45, 2.75) is 26.7 Å². The summed E-state index contributed by atoms with van der Waals surface area (Å²) in [5.41, 5.74) is 4.94. The Balaban J connectivity index is 2.71. The molecule has 6 heteroatoms. The van der Waals surface area contributed by atoms with Gasteiger partial charge in [0.15, 0.2) is 11.6 Å². The molecule has 0 unspecified atom stereocenters. The lowest BCUT2D eigenvalue weighted by Crippen LogP contribution is -2.24. The number of amides is 1. The maximum absolute atomic E-state index is 13.4. The van der Waals surface area contributed by atoms with Crippen LogP contribution in [-0.4, -0.2) is 12.5 Å². The third kappa shape index (κ3) is 4.85. The summed E-state index contributed by atoms with van der Waals surface area (Å²) in [6.45, 7) is 4.32. The fraction of sp³-hybridized carbons (Fsp3) is 0.500. The monoisotopic (exact) mass is 288 g/mol. The number of nitrogens with two attached hydrogens (primary N) is 1. The number of anilines is 1. The van der Waals surface area contributed by atoms with E-state index in [9.17, 15) is 18.0 Å². The maximum atomic E-state index is 13.4. The molecule has 1 amide bonds. The van der Waals surface area contributed by atoms with Gasteiger partial charge in [-0.05, 0) is 24.8 Å². The molecule has 20 heavy (non-hydrogen) atoms. The minimum absolute atomic E-state index is 0.0541. The molecule has 3 nitrogen and oxygen atoms in total. The zero-order valence-corrected chi connectivity index (χ0v) is 11.6. The lowest BCUT2D eigenvalue weighted by Gasteiger charge is -2.17. The second-order valence-corrected chi connectivity index (χ2v) is 5.23. The number of rotatable bonds is 6. The number of hydrogen-bond donors (Lipinski definition) is 2. The molecule has 1 rings (SSSR count). The van der Waals surface area contributed by atoms with Gasteiger partial charge in [-0.2, -0.15) is 0 Å². The Morgan fingerprint density at radius 1 is 1.25 bits per heavy atom. The van der Waals surface area contributed by atoms with E-state index in [1.54, 1.807) is 0 Å². The first kappa shape index (κ1) is 16.5. The first-order valence-corrected chi connectivity index (χ1v) is 6.48. The standard InChI is InChI=1S/C14H19F3N2O/c1-8(2)3-9(7-18)4-13(20)19-14-11(16)5-10(15)6-12(14)17/h5-6,8-9H,3-4,7,18H2,1-2H3,(H,19,20)/t9-/m0/s1. The SMILES string of the molecule is CC(C)C[C@H](CN)CC(=O)Nc1c(F)cc(F)cc1F. The van der Waals surface area contributed by atoms with Gasteiger partial charge in [-0.1, -0.05) is 13.8 Å². The van der Waals surface area contributed by atoms with Gasteiger partial charge in [0.05, 0.1) is 0 Å². The zero-order chi connectivity index (χ0) is 15.3. The summed E-state index contributed by atoms with van der Waals surface area (Å²) in [4.78, 5) is 11.8. The molecule has 0 radical (unpaired) electrons. The van der Waals surface area contributed by atoms with Gasteiger partial charge in [-0.25, -0.2) is 13.2 Å². The molecule has 0 spiro atoms. The molecular weight excluding hydrogens is 269 g/mol. The van der Waals surface area contributed by atoms with Gasteiger partial charge >= 0.3 is 0 Å². The number of nitrogens with one attached hydrogen (secondary N) is 1. The van der Waals surface area contributed by atoms with E-state index in [1.807, 2.05) is 13.8 Å². The largest absolute Gasteiger partial charge is 0.330 e. The molecule has 1 aromatic carbocycles. The van der Waals surface area contributed by atoms with Crippen molar-refractivity contribution in [1.29, 1.82) is 0 Å². The number of benzene rings is 1. The van der Waals surface area contributed by atoms with Crippen LogP contribution in [0.15, 0.2) is 12.1 Å². The lowest BCUT2D eigenvalue weighted by atomic mass is 9.94. The summed E-state index contributed by atoms with van der Waals surface area (Å²) >= 11 is 0. The normalized spacial score (nSPS) is 12.6. The number of carbonyl (C=O) groups excluding carboxylic acids is 1. The van der Waals surface area contributed by atoms with Crippen molar-refractivity contribution in [1.82, 2.24) is 0 Å². The van der Waals surface area contributed by atoms with Gasteiger partial charge in [0, 0.05) is 18.6 Å². The average Bonchev–Trinajstić information content (AvgIpc) is 2.32. The molecule has 0 fully saturated rings. The van der Waals surface area contributed by atoms with Crippen LogP contribution in [0.2, 0.25) is 0 Å². The Labute approximate surface area is 116 Å². The van der Waals surface area contributed by atoms with Crippen molar-refractivity contribution in [2.24, 2.45) is 17.6 Å². The van der Waals surface area contributed by atoms with Gasteiger partial charge in [0.1, 0.15) is 11.5 Å². The minimum Gasteiger partial charge on any atom is -0.330 e. The molecule has 0 saturated heterocycles. The molecule has 0 aliphatic heterocycles. The van der Waals surface area contributed by atoms with E-state index in [0.29, 0.717) is 24.6 Å². The fourth-order valence-electron chi connectivity index (χ4n) is 2.04.